The van der Waals surface area contributed by atoms with E-state index in [1.165, 1.54) is 25.7 Å². The van der Waals surface area contributed by atoms with Crippen molar-refractivity contribution < 1.29 is 4.74 Å². The molecule has 0 radical (unpaired) electrons. The Morgan fingerprint density at radius 1 is 0.756 bits per heavy atom. The van der Waals surface area contributed by atoms with Crippen LogP contribution in [-0.4, -0.2) is 49.0 Å². The number of aromatic nitrogens is 6. The number of ether oxygens (including phenoxy) is 1. The lowest BCUT2D eigenvalue weighted by atomic mass is 10.1. The maximum Gasteiger partial charge on any atom is 0.172 e. The third kappa shape index (κ3) is 7.81. The lowest BCUT2D eigenvalue weighted by molar-refractivity contribution is 0.198. The molecular weight excluding hydrogens is 765 g/mol. The minimum absolute atomic E-state index is 0.487. The van der Waals surface area contributed by atoms with E-state index in [9.17, 15) is 0 Å². The summed E-state index contributed by atoms with van der Waals surface area (Å²) >= 11 is 25.6. The first-order chi connectivity index (χ1) is 21.9. The van der Waals surface area contributed by atoms with E-state index >= 15 is 0 Å². The summed E-state index contributed by atoms with van der Waals surface area (Å²) in [5.41, 5.74) is 4.79. The molecule has 1 aliphatic heterocycles. The smallest absolute Gasteiger partial charge is 0.172 e. The Balaban J connectivity index is 0.000000139. The van der Waals surface area contributed by atoms with Crippen molar-refractivity contribution in [2.24, 2.45) is 5.92 Å². The van der Waals surface area contributed by atoms with Gasteiger partial charge in [-0.1, -0.05) is 71.2 Å². The molecule has 1 N–H and O–H groups in total. The molecule has 2 aromatic carbocycles. The van der Waals surface area contributed by atoms with Gasteiger partial charge in [0.15, 0.2) is 11.3 Å². The summed E-state index contributed by atoms with van der Waals surface area (Å²) in [7, 11) is 0. The molecule has 0 unspecified atom stereocenters. The Bertz CT molecular complexity index is 1930. The predicted molar refractivity (Wildman–Crippen MR) is 189 cm³/mol. The fourth-order valence-corrected chi connectivity index (χ4v) is 6.04. The Kier molecular flexibility index (Phi) is 10.6. The molecule has 2 fully saturated rings. The average Bonchev–Trinajstić information content (AvgIpc) is 3.36. The second kappa shape index (κ2) is 14.8. The van der Waals surface area contributed by atoms with E-state index in [1.54, 1.807) is 23.0 Å². The first-order valence-corrected chi connectivity index (χ1v) is 17.2. The Morgan fingerprint density at radius 3 is 1.82 bits per heavy atom. The van der Waals surface area contributed by atoms with E-state index in [4.69, 9.17) is 44.5 Å². The number of nitrogens with zero attached hydrogens (tertiary/aromatic N) is 6. The third-order valence-corrected chi connectivity index (χ3v) is 9.26. The second-order valence-electron chi connectivity index (χ2n) is 10.6. The molecule has 45 heavy (non-hydrogen) atoms. The quantitative estimate of drug-likeness (QED) is 0.175. The molecule has 0 bridgehead atoms. The monoisotopic (exact) mass is 789 g/mol. The van der Waals surface area contributed by atoms with Gasteiger partial charge in [-0.15, -0.1) is 0 Å². The van der Waals surface area contributed by atoms with Gasteiger partial charge in [-0.2, -0.15) is 14.7 Å². The van der Waals surface area contributed by atoms with Crippen LogP contribution in [0.3, 0.4) is 0 Å². The molecule has 232 valence electrons. The largest absolute Gasteiger partial charge is 0.381 e. The SMILES string of the molecule is C1CCOC1.Clc1ccccc1-c1cc(Cl)n2ncc(Br)c2n1.Clc1ccccc1-c1cc(NCC2CC2)n2ncc(Br)c2n1. The van der Waals surface area contributed by atoms with Crippen LogP contribution >= 0.6 is 66.7 Å². The Hall–Kier alpha value is -2.73. The minimum atomic E-state index is 0.487. The van der Waals surface area contributed by atoms with Crippen molar-refractivity contribution in [1.29, 1.82) is 0 Å². The fraction of sp³-hybridized carbons (Fsp3) is 0.250. The van der Waals surface area contributed by atoms with E-state index in [2.05, 4.69) is 52.4 Å². The lowest BCUT2D eigenvalue weighted by Crippen LogP contribution is -2.09. The maximum absolute atomic E-state index is 6.32. The fourth-order valence-electron chi connectivity index (χ4n) is 4.66. The zero-order valence-electron chi connectivity index (χ0n) is 23.9. The lowest BCUT2D eigenvalue weighted by Gasteiger charge is -2.11. The van der Waals surface area contributed by atoms with E-state index in [0.29, 0.717) is 20.8 Å². The number of nitrogens with one attached hydrogen (secondary N) is 1. The normalized spacial score (nSPS) is 14.2. The van der Waals surface area contributed by atoms with Gasteiger partial charge in [0.25, 0.3) is 0 Å². The number of rotatable bonds is 5. The van der Waals surface area contributed by atoms with Gasteiger partial charge in [-0.25, -0.2) is 14.5 Å². The van der Waals surface area contributed by atoms with E-state index in [-0.39, 0.29) is 0 Å². The van der Waals surface area contributed by atoms with Gasteiger partial charge in [-0.3, -0.25) is 0 Å². The summed E-state index contributed by atoms with van der Waals surface area (Å²) in [4.78, 5) is 9.21. The topological polar surface area (TPSA) is 81.6 Å². The van der Waals surface area contributed by atoms with Gasteiger partial charge in [0.2, 0.25) is 0 Å². The standard InChI is InChI=1S/C16H14BrClN4.C12H6BrCl2N3.C4H8O/c17-12-9-20-22-15(19-8-10-5-6-10)7-14(21-16(12)22)11-3-1-2-4-13(11)18;13-8-6-16-18-11(15)5-10(17-12(8)18)7-3-1-2-4-9(7)14;1-2-4-5-3-1/h1-4,7,9-10,19H,5-6,8H2;1-6H;1-4H2. The van der Waals surface area contributed by atoms with Gasteiger partial charge in [-0.05, 0) is 75.6 Å². The minimum Gasteiger partial charge on any atom is -0.381 e. The van der Waals surface area contributed by atoms with E-state index < -0.39 is 0 Å². The average molecular weight is 793 g/mol. The van der Waals surface area contributed by atoms with E-state index in [0.717, 1.165) is 68.6 Å². The first kappa shape index (κ1) is 32.2. The molecule has 1 saturated heterocycles. The predicted octanol–water partition coefficient (Wildman–Crippen LogP) is 9.90. The maximum atomic E-state index is 6.32. The summed E-state index contributed by atoms with van der Waals surface area (Å²) in [6.45, 7) is 2.97. The highest BCUT2D eigenvalue weighted by atomic mass is 79.9. The molecule has 0 amide bonds. The van der Waals surface area contributed by atoms with Gasteiger partial charge >= 0.3 is 0 Å². The highest BCUT2D eigenvalue weighted by molar-refractivity contribution is 9.11. The van der Waals surface area contributed by atoms with Gasteiger partial charge in [0.1, 0.15) is 11.0 Å². The van der Waals surface area contributed by atoms with Crippen molar-refractivity contribution in [1.82, 2.24) is 29.2 Å². The second-order valence-corrected chi connectivity index (χ2v) is 13.5. The van der Waals surface area contributed by atoms with E-state index in [1.807, 2.05) is 59.1 Å². The summed E-state index contributed by atoms with van der Waals surface area (Å²) in [5, 5.41) is 13.8. The van der Waals surface area contributed by atoms with Crippen LogP contribution in [0.2, 0.25) is 15.2 Å². The number of benzene rings is 2. The van der Waals surface area contributed by atoms with Crippen LogP contribution < -0.4 is 5.32 Å². The van der Waals surface area contributed by atoms with Crippen LogP contribution in [0.25, 0.3) is 33.8 Å². The molecule has 5 heterocycles. The number of halogens is 5. The number of fused-ring (bicyclic) bond motifs is 2. The summed E-state index contributed by atoms with van der Waals surface area (Å²) in [6, 6.07) is 19.0. The van der Waals surface area contributed by atoms with Crippen molar-refractivity contribution in [3.63, 3.8) is 0 Å². The molecular formula is C32H28Br2Cl3N7O. The van der Waals surface area contributed by atoms with Crippen LogP contribution in [-0.2, 0) is 4.74 Å². The third-order valence-electron chi connectivity index (χ3n) is 7.21. The number of hydrogen-bond donors (Lipinski definition) is 1. The molecule has 2 aliphatic rings. The zero-order valence-corrected chi connectivity index (χ0v) is 29.4. The van der Waals surface area contributed by atoms with Crippen molar-refractivity contribution in [2.45, 2.75) is 25.7 Å². The summed E-state index contributed by atoms with van der Waals surface area (Å²) < 4.78 is 9.99. The first-order valence-electron chi connectivity index (χ1n) is 14.4. The molecule has 8 rings (SSSR count). The number of anilines is 1. The van der Waals surface area contributed by atoms with Crippen LogP contribution in [0.4, 0.5) is 5.82 Å². The summed E-state index contributed by atoms with van der Waals surface area (Å²) in [6.07, 6.45) is 8.59. The number of hydrogen-bond acceptors (Lipinski definition) is 6. The Labute approximate surface area is 292 Å². The van der Waals surface area contributed by atoms with Crippen molar-refractivity contribution in [3.8, 4) is 22.5 Å². The molecule has 1 aliphatic carbocycles. The molecule has 13 heteroatoms. The van der Waals surface area contributed by atoms with Crippen molar-refractivity contribution in [2.75, 3.05) is 25.1 Å². The highest BCUT2D eigenvalue weighted by Crippen LogP contribution is 2.33. The summed E-state index contributed by atoms with van der Waals surface area (Å²) in [5.74, 6) is 1.73. The molecule has 8 nitrogen and oxygen atoms in total. The molecule has 1 saturated carbocycles. The van der Waals surface area contributed by atoms with Gasteiger partial charge in [0.05, 0.1) is 32.7 Å². The zero-order chi connectivity index (χ0) is 31.3. The molecule has 6 aromatic rings. The highest BCUT2D eigenvalue weighted by Gasteiger charge is 2.22. The molecule has 4 aromatic heterocycles. The molecule has 0 atom stereocenters. The van der Waals surface area contributed by atoms with Gasteiger partial charge in [0, 0.05) is 53.1 Å². The van der Waals surface area contributed by atoms with Crippen LogP contribution in [0, 0.1) is 5.92 Å². The van der Waals surface area contributed by atoms with Crippen LogP contribution in [0.15, 0.2) is 82.0 Å². The molecule has 0 spiro atoms. The van der Waals surface area contributed by atoms with Crippen molar-refractivity contribution in [3.05, 3.63) is 97.2 Å². The van der Waals surface area contributed by atoms with Crippen molar-refractivity contribution >= 4 is 83.8 Å². The van der Waals surface area contributed by atoms with Gasteiger partial charge < -0.3 is 10.1 Å². The van der Waals surface area contributed by atoms with Crippen LogP contribution in [0.1, 0.15) is 25.7 Å². The van der Waals surface area contributed by atoms with Crippen LogP contribution in [0.5, 0.6) is 0 Å². The Morgan fingerprint density at radius 2 is 1.29 bits per heavy atom.